The van der Waals surface area contributed by atoms with Crippen molar-refractivity contribution in [2.45, 2.75) is 4.90 Å². The monoisotopic (exact) mass is 400 g/mol. The molecule has 8 nitrogen and oxygen atoms in total. The zero-order valence-electron chi connectivity index (χ0n) is 15.4. The molecule has 0 aliphatic carbocycles. The number of ether oxygens (including phenoxy) is 1. The highest BCUT2D eigenvalue weighted by Gasteiger charge is 2.31. The van der Waals surface area contributed by atoms with E-state index in [4.69, 9.17) is 9.15 Å². The Hall–Kier alpha value is -2.91. The van der Waals surface area contributed by atoms with Gasteiger partial charge in [-0.25, -0.2) is 8.42 Å². The molecular formula is C19H20N4O4S. The van der Waals surface area contributed by atoms with Gasteiger partial charge >= 0.3 is 0 Å². The summed E-state index contributed by atoms with van der Waals surface area (Å²) in [5.41, 5.74) is 0.658. The van der Waals surface area contributed by atoms with Crippen LogP contribution in [0.2, 0.25) is 0 Å². The maximum Gasteiger partial charge on any atom is 0.246 e. The Balaban J connectivity index is 1.46. The summed E-state index contributed by atoms with van der Waals surface area (Å²) in [7, 11) is -2.14. The van der Waals surface area contributed by atoms with Crippen molar-refractivity contribution in [3.8, 4) is 17.2 Å². The first kappa shape index (κ1) is 18.5. The molecule has 4 rings (SSSR count). The second-order valence-corrected chi connectivity index (χ2v) is 8.20. The van der Waals surface area contributed by atoms with E-state index in [1.807, 2.05) is 23.1 Å². The number of methoxy groups -OCH3 is 1. The zero-order valence-corrected chi connectivity index (χ0v) is 16.2. The lowest BCUT2D eigenvalue weighted by Crippen LogP contribution is -2.49. The lowest BCUT2D eigenvalue weighted by atomic mass is 10.3. The smallest absolute Gasteiger partial charge is 0.246 e. The molecule has 0 amide bonds. The maximum atomic E-state index is 13.0. The molecule has 146 valence electrons. The van der Waals surface area contributed by atoms with E-state index in [-0.39, 0.29) is 4.90 Å². The summed E-state index contributed by atoms with van der Waals surface area (Å²) in [5, 5.41) is 8.46. The van der Waals surface area contributed by atoms with Gasteiger partial charge in [0.15, 0.2) is 11.6 Å². The van der Waals surface area contributed by atoms with Crippen molar-refractivity contribution >= 4 is 15.8 Å². The van der Waals surface area contributed by atoms with Gasteiger partial charge in [-0.1, -0.05) is 12.1 Å². The third-order valence-electron chi connectivity index (χ3n) is 4.67. The molecule has 1 saturated heterocycles. The van der Waals surface area contributed by atoms with Crippen LogP contribution in [0.3, 0.4) is 0 Å². The lowest BCUT2D eigenvalue weighted by Gasteiger charge is -2.34. The Morgan fingerprint density at radius 2 is 1.75 bits per heavy atom. The summed E-state index contributed by atoms with van der Waals surface area (Å²) < 4.78 is 38.0. The molecule has 0 atom stereocenters. The number of para-hydroxylation sites is 1. The van der Waals surface area contributed by atoms with E-state index < -0.39 is 10.0 Å². The molecule has 0 saturated carbocycles. The molecule has 3 heterocycles. The topological polar surface area (TPSA) is 88.8 Å². The van der Waals surface area contributed by atoms with Gasteiger partial charge in [0.2, 0.25) is 10.0 Å². The van der Waals surface area contributed by atoms with Crippen molar-refractivity contribution in [2.24, 2.45) is 0 Å². The molecule has 0 unspecified atom stereocenters. The van der Waals surface area contributed by atoms with E-state index in [2.05, 4.69) is 10.2 Å². The number of furan rings is 1. The number of anilines is 1. The fourth-order valence-corrected chi connectivity index (χ4v) is 4.76. The van der Waals surface area contributed by atoms with Crippen LogP contribution in [-0.4, -0.2) is 56.2 Å². The number of hydrogen-bond acceptors (Lipinski definition) is 7. The van der Waals surface area contributed by atoms with Crippen molar-refractivity contribution in [2.75, 3.05) is 38.2 Å². The van der Waals surface area contributed by atoms with Gasteiger partial charge in [-0.2, -0.15) is 4.31 Å². The van der Waals surface area contributed by atoms with Crippen molar-refractivity contribution in [1.82, 2.24) is 14.5 Å². The summed E-state index contributed by atoms with van der Waals surface area (Å²) in [6, 6.07) is 14.0. The van der Waals surface area contributed by atoms with Crippen LogP contribution in [0, 0.1) is 0 Å². The Kier molecular flexibility index (Phi) is 5.01. The van der Waals surface area contributed by atoms with Crippen molar-refractivity contribution < 1.29 is 17.6 Å². The van der Waals surface area contributed by atoms with Crippen molar-refractivity contribution in [1.29, 1.82) is 0 Å². The summed E-state index contributed by atoms with van der Waals surface area (Å²) in [6.45, 7) is 1.79. The van der Waals surface area contributed by atoms with Crippen LogP contribution in [-0.2, 0) is 10.0 Å². The SMILES string of the molecule is COc1ccccc1S(=O)(=O)N1CCN(c2ccc(-c3ccco3)nn2)CC1. The summed E-state index contributed by atoms with van der Waals surface area (Å²) in [5.74, 6) is 1.72. The quantitative estimate of drug-likeness (QED) is 0.649. The van der Waals surface area contributed by atoms with Crippen LogP contribution in [0.5, 0.6) is 5.75 Å². The predicted molar refractivity (Wildman–Crippen MR) is 104 cm³/mol. The number of hydrogen-bond donors (Lipinski definition) is 0. The third-order valence-corrected chi connectivity index (χ3v) is 6.61. The Morgan fingerprint density at radius 3 is 2.39 bits per heavy atom. The van der Waals surface area contributed by atoms with Gasteiger partial charge in [0.05, 0.1) is 13.4 Å². The Bertz CT molecular complexity index is 1030. The first-order valence-electron chi connectivity index (χ1n) is 8.85. The fraction of sp³-hybridized carbons (Fsp3) is 0.263. The molecule has 1 aromatic carbocycles. The molecule has 28 heavy (non-hydrogen) atoms. The molecule has 0 bridgehead atoms. The molecule has 2 aromatic heterocycles. The van der Waals surface area contributed by atoms with Gasteiger partial charge in [0, 0.05) is 26.2 Å². The number of nitrogens with zero attached hydrogens (tertiary/aromatic N) is 4. The van der Waals surface area contributed by atoms with E-state index >= 15 is 0 Å². The van der Waals surface area contributed by atoms with Gasteiger partial charge in [-0.05, 0) is 36.4 Å². The van der Waals surface area contributed by atoms with Crippen LogP contribution < -0.4 is 9.64 Å². The molecule has 0 spiro atoms. The van der Waals surface area contributed by atoms with E-state index in [0.717, 1.165) is 0 Å². The van der Waals surface area contributed by atoms with Gasteiger partial charge < -0.3 is 14.1 Å². The standard InChI is InChI=1S/C19H20N4O4S/c1-26-17-5-2-3-7-18(17)28(24,25)23-12-10-22(11-13-23)19-9-8-15(20-21-19)16-6-4-14-27-16/h2-9,14H,10-13H2,1H3. The Morgan fingerprint density at radius 1 is 0.964 bits per heavy atom. The lowest BCUT2D eigenvalue weighted by molar-refractivity contribution is 0.373. The number of piperazine rings is 1. The average Bonchev–Trinajstić information content (AvgIpc) is 3.29. The maximum absolute atomic E-state index is 13.0. The fourth-order valence-electron chi connectivity index (χ4n) is 3.18. The molecule has 1 aliphatic heterocycles. The highest BCUT2D eigenvalue weighted by molar-refractivity contribution is 7.89. The minimum atomic E-state index is -3.61. The van der Waals surface area contributed by atoms with E-state index in [1.54, 1.807) is 36.6 Å². The molecule has 1 fully saturated rings. The number of benzene rings is 1. The second-order valence-electron chi connectivity index (χ2n) is 6.30. The van der Waals surface area contributed by atoms with Gasteiger partial charge in [-0.3, -0.25) is 0 Å². The molecule has 1 aliphatic rings. The number of rotatable bonds is 5. The summed E-state index contributed by atoms with van der Waals surface area (Å²) >= 11 is 0. The summed E-state index contributed by atoms with van der Waals surface area (Å²) in [4.78, 5) is 2.21. The normalized spacial score (nSPS) is 15.5. The Labute approximate surface area is 163 Å². The van der Waals surface area contributed by atoms with E-state index in [9.17, 15) is 8.42 Å². The van der Waals surface area contributed by atoms with E-state index in [0.29, 0.717) is 49.2 Å². The predicted octanol–water partition coefficient (Wildman–Crippen LogP) is 2.26. The van der Waals surface area contributed by atoms with Crippen LogP contribution in [0.25, 0.3) is 11.5 Å². The molecule has 3 aromatic rings. The van der Waals surface area contributed by atoms with Gasteiger partial charge in [-0.15, -0.1) is 10.2 Å². The van der Waals surface area contributed by atoms with Crippen molar-refractivity contribution in [3.05, 3.63) is 54.8 Å². The summed E-state index contributed by atoms with van der Waals surface area (Å²) in [6.07, 6.45) is 1.59. The third kappa shape index (κ3) is 3.46. The highest BCUT2D eigenvalue weighted by Crippen LogP contribution is 2.27. The van der Waals surface area contributed by atoms with Crippen molar-refractivity contribution in [3.63, 3.8) is 0 Å². The van der Waals surface area contributed by atoms with Gasteiger partial charge in [0.25, 0.3) is 0 Å². The minimum absolute atomic E-state index is 0.188. The number of aromatic nitrogens is 2. The molecule has 9 heteroatoms. The highest BCUT2D eigenvalue weighted by atomic mass is 32.2. The number of sulfonamides is 1. The van der Waals surface area contributed by atoms with E-state index in [1.165, 1.54) is 11.4 Å². The zero-order chi connectivity index (χ0) is 19.6. The molecular weight excluding hydrogens is 380 g/mol. The van der Waals surface area contributed by atoms with Gasteiger partial charge in [0.1, 0.15) is 16.3 Å². The average molecular weight is 400 g/mol. The largest absolute Gasteiger partial charge is 0.495 e. The first-order valence-corrected chi connectivity index (χ1v) is 10.3. The molecule has 0 radical (unpaired) electrons. The first-order chi connectivity index (χ1) is 13.6. The molecule has 0 N–H and O–H groups in total. The van der Waals surface area contributed by atoms with Crippen LogP contribution in [0.4, 0.5) is 5.82 Å². The minimum Gasteiger partial charge on any atom is -0.495 e. The van der Waals surface area contributed by atoms with Crippen LogP contribution >= 0.6 is 0 Å². The van der Waals surface area contributed by atoms with Crippen LogP contribution in [0.15, 0.2) is 64.1 Å². The second kappa shape index (κ2) is 7.61. The van der Waals surface area contributed by atoms with Crippen LogP contribution in [0.1, 0.15) is 0 Å².